The van der Waals surface area contributed by atoms with Gasteiger partial charge in [0.15, 0.2) is 0 Å². The van der Waals surface area contributed by atoms with Gasteiger partial charge in [-0.1, -0.05) is 19.8 Å². The first-order valence-corrected chi connectivity index (χ1v) is 8.41. The average molecular weight is 268 g/mol. The first kappa shape index (κ1) is 15.3. The van der Waals surface area contributed by atoms with E-state index in [9.17, 15) is 5.11 Å². The second kappa shape index (κ2) is 8.23. The van der Waals surface area contributed by atoms with E-state index < -0.39 is 0 Å². The van der Waals surface area contributed by atoms with Crippen LogP contribution in [-0.2, 0) is 0 Å². The summed E-state index contributed by atoms with van der Waals surface area (Å²) < 4.78 is 0. The summed E-state index contributed by atoms with van der Waals surface area (Å²) in [7, 11) is 0. The van der Waals surface area contributed by atoms with E-state index in [0.717, 1.165) is 18.9 Å². The van der Waals surface area contributed by atoms with Crippen molar-refractivity contribution in [1.82, 2.24) is 10.2 Å². The summed E-state index contributed by atoms with van der Waals surface area (Å²) in [6.07, 6.45) is 10.6. The van der Waals surface area contributed by atoms with Crippen molar-refractivity contribution in [2.24, 2.45) is 5.92 Å². The summed E-state index contributed by atoms with van der Waals surface area (Å²) in [6.45, 7) is 6.29. The molecule has 2 unspecified atom stereocenters. The Labute approximate surface area is 118 Å². The Bertz CT molecular complexity index is 243. The van der Waals surface area contributed by atoms with Crippen LogP contribution in [-0.4, -0.2) is 48.3 Å². The fraction of sp³-hybridized carbons (Fsp3) is 1.00. The number of aliphatic hydroxyl groups excluding tert-OH is 1. The van der Waals surface area contributed by atoms with Crippen LogP contribution in [0.1, 0.15) is 58.3 Å². The average Bonchev–Trinajstić information content (AvgIpc) is 3.23. The zero-order valence-corrected chi connectivity index (χ0v) is 12.6. The van der Waals surface area contributed by atoms with Gasteiger partial charge in [0.1, 0.15) is 0 Å². The number of hydrogen-bond donors (Lipinski definition) is 2. The summed E-state index contributed by atoms with van der Waals surface area (Å²) in [5.41, 5.74) is 0. The smallest absolute Gasteiger partial charge is 0.0585 e. The van der Waals surface area contributed by atoms with Gasteiger partial charge in [-0.05, 0) is 64.1 Å². The van der Waals surface area contributed by atoms with Gasteiger partial charge in [-0.2, -0.15) is 0 Å². The summed E-state index contributed by atoms with van der Waals surface area (Å²) in [6, 6.07) is 1.03. The van der Waals surface area contributed by atoms with E-state index in [1.54, 1.807) is 0 Å². The predicted octanol–water partition coefficient (Wildman–Crippen LogP) is 2.39. The second-order valence-corrected chi connectivity index (χ2v) is 6.54. The SMILES string of the molecule is CCCC1CCCN(CCC(CO)NC2CC2)CC1. The quantitative estimate of drug-likeness (QED) is 0.709. The molecule has 2 atom stereocenters. The molecule has 0 bridgehead atoms. The molecule has 0 aromatic heterocycles. The minimum Gasteiger partial charge on any atom is -0.395 e. The maximum absolute atomic E-state index is 9.42. The van der Waals surface area contributed by atoms with E-state index in [0.29, 0.717) is 18.7 Å². The molecule has 2 N–H and O–H groups in total. The van der Waals surface area contributed by atoms with Crippen molar-refractivity contribution in [3.8, 4) is 0 Å². The Morgan fingerprint density at radius 3 is 2.74 bits per heavy atom. The molecule has 1 saturated carbocycles. The van der Waals surface area contributed by atoms with Crippen LogP contribution in [0.4, 0.5) is 0 Å². The molecule has 19 heavy (non-hydrogen) atoms. The lowest BCUT2D eigenvalue weighted by Crippen LogP contribution is -2.38. The molecular formula is C16H32N2O. The topological polar surface area (TPSA) is 35.5 Å². The molecule has 1 aliphatic heterocycles. The molecule has 112 valence electrons. The molecule has 3 nitrogen and oxygen atoms in total. The standard InChI is InChI=1S/C16H32N2O/c1-2-4-14-5-3-10-18(11-8-14)12-9-16(13-19)17-15-6-7-15/h14-17,19H,2-13H2,1H3. The van der Waals surface area contributed by atoms with Crippen LogP contribution in [0.5, 0.6) is 0 Å². The van der Waals surface area contributed by atoms with E-state index in [4.69, 9.17) is 0 Å². The van der Waals surface area contributed by atoms with Crippen molar-refractivity contribution in [3.63, 3.8) is 0 Å². The van der Waals surface area contributed by atoms with Gasteiger partial charge in [-0.15, -0.1) is 0 Å². The fourth-order valence-electron chi connectivity index (χ4n) is 3.29. The van der Waals surface area contributed by atoms with Crippen LogP contribution >= 0.6 is 0 Å². The van der Waals surface area contributed by atoms with Gasteiger partial charge in [0.25, 0.3) is 0 Å². The number of nitrogens with one attached hydrogen (secondary N) is 1. The summed E-state index contributed by atoms with van der Waals surface area (Å²) in [4.78, 5) is 2.62. The van der Waals surface area contributed by atoms with Gasteiger partial charge >= 0.3 is 0 Å². The third-order valence-electron chi connectivity index (χ3n) is 4.70. The van der Waals surface area contributed by atoms with Crippen molar-refractivity contribution in [2.75, 3.05) is 26.2 Å². The molecule has 0 amide bonds. The first-order chi connectivity index (χ1) is 9.31. The highest BCUT2D eigenvalue weighted by atomic mass is 16.3. The molecular weight excluding hydrogens is 236 g/mol. The highest BCUT2D eigenvalue weighted by Gasteiger charge is 2.24. The molecule has 2 aliphatic rings. The van der Waals surface area contributed by atoms with Crippen molar-refractivity contribution in [3.05, 3.63) is 0 Å². The van der Waals surface area contributed by atoms with Crippen molar-refractivity contribution in [2.45, 2.75) is 70.4 Å². The molecule has 3 heteroatoms. The summed E-state index contributed by atoms with van der Waals surface area (Å²) in [5.74, 6) is 0.966. The van der Waals surface area contributed by atoms with Gasteiger partial charge in [0.2, 0.25) is 0 Å². The molecule has 1 aliphatic carbocycles. The normalized spacial score (nSPS) is 27.2. The molecule has 0 radical (unpaired) electrons. The zero-order chi connectivity index (χ0) is 13.5. The largest absolute Gasteiger partial charge is 0.395 e. The van der Waals surface area contributed by atoms with Gasteiger partial charge in [0.05, 0.1) is 6.61 Å². The minimum absolute atomic E-state index is 0.294. The van der Waals surface area contributed by atoms with Crippen LogP contribution in [0.25, 0.3) is 0 Å². The monoisotopic (exact) mass is 268 g/mol. The van der Waals surface area contributed by atoms with Crippen LogP contribution < -0.4 is 5.32 Å². The fourth-order valence-corrected chi connectivity index (χ4v) is 3.29. The lowest BCUT2D eigenvalue weighted by Gasteiger charge is -2.23. The highest BCUT2D eigenvalue weighted by Crippen LogP contribution is 2.22. The lowest BCUT2D eigenvalue weighted by atomic mass is 9.96. The van der Waals surface area contributed by atoms with E-state index in [1.807, 2.05) is 0 Å². The molecule has 0 spiro atoms. The second-order valence-electron chi connectivity index (χ2n) is 6.54. The number of aliphatic hydroxyl groups is 1. The maximum atomic E-state index is 9.42. The molecule has 2 fully saturated rings. The Hall–Kier alpha value is -0.120. The highest BCUT2D eigenvalue weighted by molar-refractivity contribution is 4.85. The third kappa shape index (κ3) is 5.80. The van der Waals surface area contributed by atoms with Crippen LogP contribution in [0, 0.1) is 5.92 Å². The Morgan fingerprint density at radius 2 is 2.05 bits per heavy atom. The van der Waals surface area contributed by atoms with Gasteiger partial charge < -0.3 is 15.3 Å². The van der Waals surface area contributed by atoms with E-state index in [2.05, 4.69) is 17.1 Å². The molecule has 1 heterocycles. The molecule has 0 aromatic carbocycles. The zero-order valence-electron chi connectivity index (χ0n) is 12.6. The Morgan fingerprint density at radius 1 is 1.21 bits per heavy atom. The number of rotatable bonds is 8. The summed E-state index contributed by atoms with van der Waals surface area (Å²) >= 11 is 0. The Balaban J connectivity index is 1.64. The van der Waals surface area contributed by atoms with Crippen LogP contribution in [0.3, 0.4) is 0 Å². The summed E-state index contributed by atoms with van der Waals surface area (Å²) in [5, 5.41) is 13.0. The van der Waals surface area contributed by atoms with Crippen LogP contribution in [0.2, 0.25) is 0 Å². The van der Waals surface area contributed by atoms with E-state index in [-0.39, 0.29) is 0 Å². The van der Waals surface area contributed by atoms with Gasteiger partial charge in [-0.25, -0.2) is 0 Å². The number of likely N-dealkylation sites (tertiary alicyclic amines) is 1. The molecule has 2 rings (SSSR count). The lowest BCUT2D eigenvalue weighted by molar-refractivity contribution is 0.205. The van der Waals surface area contributed by atoms with E-state index >= 15 is 0 Å². The minimum atomic E-state index is 0.294. The van der Waals surface area contributed by atoms with Crippen molar-refractivity contribution in [1.29, 1.82) is 0 Å². The number of hydrogen-bond acceptors (Lipinski definition) is 3. The van der Waals surface area contributed by atoms with Gasteiger partial charge in [0, 0.05) is 12.1 Å². The van der Waals surface area contributed by atoms with Crippen molar-refractivity contribution >= 4 is 0 Å². The third-order valence-corrected chi connectivity index (χ3v) is 4.70. The van der Waals surface area contributed by atoms with Gasteiger partial charge in [-0.3, -0.25) is 0 Å². The Kier molecular flexibility index (Phi) is 6.62. The van der Waals surface area contributed by atoms with E-state index in [1.165, 1.54) is 58.0 Å². The van der Waals surface area contributed by atoms with Crippen molar-refractivity contribution < 1.29 is 5.11 Å². The van der Waals surface area contributed by atoms with Crippen LogP contribution in [0.15, 0.2) is 0 Å². The maximum Gasteiger partial charge on any atom is 0.0585 e. The molecule has 0 aromatic rings. The molecule has 1 saturated heterocycles. The predicted molar refractivity (Wildman–Crippen MR) is 80.3 cm³/mol. The first-order valence-electron chi connectivity index (χ1n) is 8.41. The number of nitrogens with zero attached hydrogens (tertiary/aromatic N) is 1.